The largest absolute Gasteiger partial charge is 0.480 e. The smallest absolute Gasteiger partial charge is 0.418 e. The van der Waals surface area contributed by atoms with Crippen molar-refractivity contribution < 1.29 is 41.4 Å². The van der Waals surface area contributed by atoms with Crippen LogP contribution in [0.15, 0.2) is 60.8 Å². The summed E-state index contributed by atoms with van der Waals surface area (Å²) in [5.41, 5.74) is -1.28. The number of anilines is 1. The zero-order valence-corrected chi connectivity index (χ0v) is 23.7. The SMILES string of the molecule is C.Cc1ccnc(-c2ccc(C[C@H](NC(=O)c3c(F)cc(N4CCOC[C@@H]4C)cc3F)C(=O)O)c3ccccc23)c1C(F)(F)F. The number of morpholine rings is 1. The van der Waals surface area contributed by atoms with Gasteiger partial charge in [0.15, 0.2) is 0 Å². The molecule has 238 valence electrons. The molecule has 0 unspecified atom stereocenters. The van der Waals surface area contributed by atoms with Gasteiger partial charge in [-0.05, 0) is 53.9 Å². The first-order chi connectivity index (χ1) is 20.9. The van der Waals surface area contributed by atoms with Crippen molar-refractivity contribution in [3.63, 3.8) is 0 Å². The number of carbonyl (C=O) groups is 2. The van der Waals surface area contributed by atoms with Gasteiger partial charge in [-0.15, -0.1) is 0 Å². The summed E-state index contributed by atoms with van der Waals surface area (Å²) in [6, 6.07) is 10.9. The van der Waals surface area contributed by atoms with Gasteiger partial charge in [-0.3, -0.25) is 9.78 Å². The predicted molar refractivity (Wildman–Crippen MR) is 160 cm³/mol. The number of hydrogen-bond acceptors (Lipinski definition) is 5. The normalized spacial score (nSPS) is 15.8. The van der Waals surface area contributed by atoms with Crippen LogP contribution in [0.2, 0.25) is 0 Å². The number of ether oxygens (including phenoxy) is 1. The molecule has 1 saturated heterocycles. The van der Waals surface area contributed by atoms with E-state index in [0.717, 1.165) is 12.1 Å². The first kappa shape index (κ1) is 33.3. The number of carbonyl (C=O) groups excluding carboxylic acids is 1. The zero-order valence-electron chi connectivity index (χ0n) is 23.7. The van der Waals surface area contributed by atoms with Crippen LogP contribution in [-0.4, -0.2) is 53.8 Å². The minimum atomic E-state index is -4.67. The fourth-order valence-corrected chi connectivity index (χ4v) is 5.57. The van der Waals surface area contributed by atoms with E-state index in [4.69, 9.17) is 4.74 Å². The van der Waals surface area contributed by atoms with E-state index in [1.54, 1.807) is 29.2 Å². The van der Waals surface area contributed by atoms with Crippen molar-refractivity contribution >= 4 is 28.3 Å². The highest BCUT2D eigenvalue weighted by Crippen LogP contribution is 2.40. The van der Waals surface area contributed by atoms with Gasteiger partial charge in [0.05, 0.1) is 24.5 Å². The van der Waals surface area contributed by atoms with E-state index >= 15 is 8.78 Å². The van der Waals surface area contributed by atoms with Gasteiger partial charge in [0.1, 0.15) is 23.2 Å². The summed E-state index contributed by atoms with van der Waals surface area (Å²) in [5, 5.41) is 12.9. The lowest BCUT2D eigenvalue weighted by molar-refractivity contribution is -0.139. The van der Waals surface area contributed by atoms with Crippen molar-refractivity contribution in [1.82, 2.24) is 10.3 Å². The third-order valence-corrected chi connectivity index (χ3v) is 7.69. The van der Waals surface area contributed by atoms with Gasteiger partial charge in [0.2, 0.25) is 0 Å². The van der Waals surface area contributed by atoms with Gasteiger partial charge < -0.3 is 20.1 Å². The molecule has 0 aliphatic carbocycles. The van der Waals surface area contributed by atoms with Crippen LogP contribution >= 0.6 is 0 Å². The highest BCUT2D eigenvalue weighted by atomic mass is 19.4. The molecular weight excluding hydrogens is 597 g/mol. The second-order valence-corrected chi connectivity index (χ2v) is 10.6. The van der Waals surface area contributed by atoms with Crippen LogP contribution in [-0.2, 0) is 22.1 Å². The maximum atomic E-state index is 15.1. The lowest BCUT2D eigenvalue weighted by Gasteiger charge is -2.35. The number of benzene rings is 3. The lowest BCUT2D eigenvalue weighted by Crippen LogP contribution is -2.44. The van der Waals surface area contributed by atoms with Crippen molar-refractivity contribution in [3.05, 3.63) is 94.7 Å². The minimum Gasteiger partial charge on any atom is -0.480 e. The number of hydrogen-bond donors (Lipinski definition) is 2. The molecule has 1 aromatic heterocycles. The van der Waals surface area contributed by atoms with Crippen LogP contribution in [0.25, 0.3) is 22.0 Å². The Kier molecular flexibility index (Phi) is 9.76. The van der Waals surface area contributed by atoms with Gasteiger partial charge in [0.25, 0.3) is 5.91 Å². The van der Waals surface area contributed by atoms with Crippen LogP contribution in [0.5, 0.6) is 0 Å². The van der Waals surface area contributed by atoms with Gasteiger partial charge in [-0.25, -0.2) is 13.6 Å². The Morgan fingerprint density at radius 3 is 2.38 bits per heavy atom. The molecule has 0 saturated carbocycles. The molecule has 1 amide bonds. The Morgan fingerprint density at radius 1 is 1.09 bits per heavy atom. The third-order valence-electron chi connectivity index (χ3n) is 7.69. The standard InChI is InChI=1S/C32H28F5N3O4.CH4/c1-17-9-10-38-29(28(17)32(35,36)37)23-8-7-19(21-5-3-4-6-22(21)23)13-26(31(42)43)39-30(41)27-24(33)14-20(15-25(27)34)40-11-12-44-16-18(40)2;/h3-10,14-15,18,26H,11-13,16H2,1-2H3,(H,39,41)(H,42,43);1H4/t18-,26-;/m0./s1. The number of fused-ring (bicyclic) bond motifs is 1. The molecule has 5 rings (SSSR count). The zero-order chi connectivity index (χ0) is 31.8. The summed E-state index contributed by atoms with van der Waals surface area (Å²) >= 11 is 0. The first-order valence-electron chi connectivity index (χ1n) is 13.8. The molecule has 0 spiro atoms. The van der Waals surface area contributed by atoms with E-state index < -0.39 is 46.9 Å². The monoisotopic (exact) mass is 629 g/mol. The van der Waals surface area contributed by atoms with Gasteiger partial charge >= 0.3 is 12.1 Å². The summed E-state index contributed by atoms with van der Waals surface area (Å²) in [5.74, 6) is -5.03. The predicted octanol–water partition coefficient (Wildman–Crippen LogP) is 6.79. The molecule has 12 heteroatoms. The third kappa shape index (κ3) is 6.75. The van der Waals surface area contributed by atoms with Crippen LogP contribution in [0.4, 0.5) is 27.6 Å². The topological polar surface area (TPSA) is 91.8 Å². The number of nitrogens with one attached hydrogen (secondary N) is 1. The molecule has 45 heavy (non-hydrogen) atoms. The number of carboxylic acids is 1. The average molecular weight is 630 g/mol. The van der Waals surface area contributed by atoms with Crippen LogP contribution in [0.1, 0.15) is 41.4 Å². The van der Waals surface area contributed by atoms with E-state index in [9.17, 15) is 27.9 Å². The van der Waals surface area contributed by atoms with E-state index in [1.165, 1.54) is 31.3 Å². The molecule has 2 heterocycles. The fraction of sp³-hybridized carbons (Fsp3) is 0.303. The molecule has 1 aliphatic rings. The van der Waals surface area contributed by atoms with Crippen LogP contribution < -0.4 is 10.2 Å². The number of alkyl halides is 3. The summed E-state index contributed by atoms with van der Waals surface area (Å²) in [6.07, 6.45) is -3.71. The Hall–Kier alpha value is -4.58. The molecule has 2 N–H and O–H groups in total. The van der Waals surface area contributed by atoms with Crippen LogP contribution in [0.3, 0.4) is 0 Å². The number of nitrogens with zero attached hydrogens (tertiary/aromatic N) is 2. The number of halogens is 5. The van der Waals surface area contributed by atoms with E-state index in [-0.39, 0.29) is 42.4 Å². The van der Waals surface area contributed by atoms with Crippen LogP contribution in [0, 0.1) is 18.6 Å². The second kappa shape index (κ2) is 13.2. The fourth-order valence-electron chi connectivity index (χ4n) is 5.57. The van der Waals surface area contributed by atoms with Gasteiger partial charge in [0, 0.05) is 36.5 Å². The molecule has 1 fully saturated rings. The number of amides is 1. The number of rotatable bonds is 7. The average Bonchev–Trinajstić information content (AvgIpc) is 2.96. The van der Waals surface area contributed by atoms with Crippen molar-refractivity contribution in [2.45, 2.75) is 46.0 Å². The highest BCUT2D eigenvalue weighted by Gasteiger charge is 2.37. The Bertz CT molecular complexity index is 1720. The summed E-state index contributed by atoms with van der Waals surface area (Å²) in [7, 11) is 0. The summed E-state index contributed by atoms with van der Waals surface area (Å²) in [6.45, 7) is 4.31. The summed E-state index contributed by atoms with van der Waals surface area (Å²) in [4.78, 5) is 31.0. The Morgan fingerprint density at radius 2 is 1.76 bits per heavy atom. The Labute approximate surface area is 256 Å². The minimum absolute atomic E-state index is 0. The van der Waals surface area contributed by atoms with E-state index in [0.29, 0.717) is 36.1 Å². The van der Waals surface area contributed by atoms with Crippen molar-refractivity contribution in [2.75, 3.05) is 24.7 Å². The number of pyridine rings is 1. The molecule has 4 aromatic rings. The maximum Gasteiger partial charge on any atom is 0.418 e. The van der Waals surface area contributed by atoms with Crippen molar-refractivity contribution in [2.24, 2.45) is 0 Å². The van der Waals surface area contributed by atoms with Gasteiger partial charge in [-0.1, -0.05) is 43.8 Å². The number of aryl methyl sites for hydroxylation is 1. The quantitative estimate of drug-likeness (QED) is 0.219. The lowest BCUT2D eigenvalue weighted by atomic mass is 9.92. The molecule has 7 nitrogen and oxygen atoms in total. The van der Waals surface area contributed by atoms with Gasteiger partial charge in [-0.2, -0.15) is 13.2 Å². The number of aromatic nitrogens is 1. The van der Waals surface area contributed by atoms with E-state index in [2.05, 4.69) is 10.3 Å². The first-order valence-corrected chi connectivity index (χ1v) is 13.8. The second-order valence-electron chi connectivity index (χ2n) is 10.6. The molecule has 3 aromatic carbocycles. The van der Waals surface area contributed by atoms with Crippen molar-refractivity contribution in [3.8, 4) is 11.3 Å². The van der Waals surface area contributed by atoms with Crippen molar-refractivity contribution in [1.29, 1.82) is 0 Å². The molecule has 0 radical (unpaired) electrons. The van der Waals surface area contributed by atoms with E-state index in [1.807, 2.05) is 6.92 Å². The highest BCUT2D eigenvalue weighted by molar-refractivity contribution is 6.00. The molecule has 0 bridgehead atoms. The molecule has 2 atom stereocenters. The summed E-state index contributed by atoms with van der Waals surface area (Å²) < 4.78 is 77.5. The molecular formula is C33H32F5N3O4. The number of aliphatic carboxylic acids is 1. The number of carboxylic acid groups (broad SMARTS) is 1. The molecule has 1 aliphatic heterocycles. The maximum absolute atomic E-state index is 15.1. The Balaban J connectivity index is 0.00000461.